The minimum atomic E-state index is 0.591. The van der Waals surface area contributed by atoms with Gasteiger partial charge in [0.05, 0.1) is 0 Å². The van der Waals surface area contributed by atoms with Gasteiger partial charge in [0.25, 0.3) is 0 Å². The molecule has 0 N–H and O–H groups in total. The zero-order chi connectivity index (χ0) is 8.36. The van der Waals surface area contributed by atoms with E-state index in [2.05, 4.69) is 10.0 Å². The van der Waals surface area contributed by atoms with Crippen molar-refractivity contribution in [3.63, 3.8) is 0 Å². The van der Waals surface area contributed by atoms with E-state index in [1.54, 1.807) is 18.9 Å². The first kappa shape index (κ1) is 10.6. The van der Waals surface area contributed by atoms with Crippen molar-refractivity contribution in [3.8, 4) is 0 Å². The molecule has 0 heterocycles. The van der Waals surface area contributed by atoms with Gasteiger partial charge in [-0.25, -0.2) is 0 Å². The molecule has 0 aromatic rings. The predicted octanol–water partition coefficient (Wildman–Crippen LogP) is 2.07. The van der Waals surface area contributed by atoms with E-state index in [-0.39, 0.29) is 0 Å². The Balaban J connectivity index is 2.84. The summed E-state index contributed by atoms with van der Waals surface area (Å²) in [6.45, 7) is 1.41. The Bertz CT molecular complexity index is 125. The number of thioether (sulfide) groups is 1. The van der Waals surface area contributed by atoms with E-state index in [4.69, 9.17) is 10.3 Å². The third-order valence-corrected chi connectivity index (χ3v) is 2.08. The monoisotopic (exact) mass is 175 g/mol. The van der Waals surface area contributed by atoms with Crippen LogP contribution in [0.1, 0.15) is 6.42 Å². The summed E-state index contributed by atoms with van der Waals surface area (Å²) < 4.78 is 4.87. The molecular formula is C6H13N3OS. The third-order valence-electron chi connectivity index (χ3n) is 1.04. The highest BCUT2D eigenvalue weighted by Gasteiger charge is 1.87. The molecule has 5 heteroatoms. The quantitative estimate of drug-likeness (QED) is 0.257. The molecule has 0 aliphatic rings. The van der Waals surface area contributed by atoms with Crippen LogP contribution in [-0.2, 0) is 4.74 Å². The van der Waals surface area contributed by atoms with Crippen LogP contribution in [0.3, 0.4) is 0 Å². The Morgan fingerprint density at radius 2 is 2.36 bits per heavy atom. The maximum absolute atomic E-state index is 7.94. The first-order valence-electron chi connectivity index (χ1n) is 3.49. The van der Waals surface area contributed by atoms with E-state index < -0.39 is 0 Å². The summed E-state index contributed by atoms with van der Waals surface area (Å²) in [7, 11) is 1.70. The van der Waals surface area contributed by atoms with E-state index >= 15 is 0 Å². The molecule has 0 aliphatic heterocycles. The van der Waals surface area contributed by atoms with Crippen LogP contribution < -0.4 is 0 Å². The molecule has 0 unspecified atom stereocenters. The molecule has 0 atom stereocenters. The van der Waals surface area contributed by atoms with Gasteiger partial charge in [-0.2, -0.15) is 11.8 Å². The molecule has 0 rings (SSSR count). The van der Waals surface area contributed by atoms with Crippen molar-refractivity contribution in [3.05, 3.63) is 10.4 Å². The molecule has 0 fully saturated rings. The van der Waals surface area contributed by atoms with E-state index in [0.29, 0.717) is 6.54 Å². The Hall–Kier alpha value is -0.380. The Morgan fingerprint density at radius 3 is 3.00 bits per heavy atom. The summed E-state index contributed by atoms with van der Waals surface area (Å²) in [5.41, 5.74) is 7.94. The Morgan fingerprint density at radius 1 is 1.55 bits per heavy atom. The number of nitrogens with zero attached hydrogens (tertiary/aromatic N) is 3. The summed E-state index contributed by atoms with van der Waals surface area (Å²) in [6.07, 6.45) is 1.07. The van der Waals surface area contributed by atoms with Gasteiger partial charge >= 0.3 is 0 Å². The van der Waals surface area contributed by atoms with Gasteiger partial charge in [0.1, 0.15) is 0 Å². The van der Waals surface area contributed by atoms with Crippen molar-refractivity contribution >= 4 is 11.8 Å². The lowest BCUT2D eigenvalue weighted by Gasteiger charge is -1.97. The standard InChI is InChI=1S/C6H13N3OS/c1-10-4-2-5-11-6-3-8-9-7/h2-6H2,1H3. The van der Waals surface area contributed by atoms with Gasteiger partial charge in [-0.3, -0.25) is 0 Å². The van der Waals surface area contributed by atoms with Gasteiger partial charge in [0.15, 0.2) is 0 Å². The average molecular weight is 175 g/mol. The second-order valence-corrected chi connectivity index (χ2v) is 3.14. The van der Waals surface area contributed by atoms with Gasteiger partial charge in [-0.15, -0.1) is 0 Å². The van der Waals surface area contributed by atoms with Crippen LogP contribution in [0.2, 0.25) is 0 Å². The number of azide groups is 1. The van der Waals surface area contributed by atoms with Crippen molar-refractivity contribution in [2.24, 2.45) is 5.11 Å². The smallest absolute Gasteiger partial charge is 0.0470 e. The lowest BCUT2D eigenvalue weighted by molar-refractivity contribution is 0.200. The second-order valence-electron chi connectivity index (χ2n) is 1.91. The minimum Gasteiger partial charge on any atom is -0.385 e. The number of hydrogen-bond donors (Lipinski definition) is 0. The Kier molecular flexibility index (Phi) is 9.29. The first-order chi connectivity index (χ1) is 5.41. The first-order valence-corrected chi connectivity index (χ1v) is 4.65. The molecule has 0 saturated carbocycles. The third kappa shape index (κ3) is 9.62. The molecule has 0 aromatic heterocycles. The summed E-state index contributed by atoms with van der Waals surface area (Å²) in [5.74, 6) is 1.99. The molecule has 11 heavy (non-hydrogen) atoms. The highest BCUT2D eigenvalue weighted by Crippen LogP contribution is 2.01. The van der Waals surface area contributed by atoms with Crippen molar-refractivity contribution in [1.29, 1.82) is 0 Å². The highest BCUT2D eigenvalue weighted by atomic mass is 32.2. The molecule has 0 aliphatic carbocycles. The van der Waals surface area contributed by atoms with Crippen molar-refractivity contribution in [1.82, 2.24) is 0 Å². The molecular weight excluding hydrogens is 162 g/mol. The van der Waals surface area contributed by atoms with Gasteiger partial charge in [-0.05, 0) is 23.5 Å². The molecule has 0 amide bonds. The number of ether oxygens (including phenoxy) is 1. The molecule has 0 aromatic carbocycles. The van der Waals surface area contributed by atoms with Crippen molar-refractivity contribution < 1.29 is 4.74 Å². The second kappa shape index (κ2) is 9.62. The van der Waals surface area contributed by atoms with Crippen LogP contribution in [0.5, 0.6) is 0 Å². The summed E-state index contributed by atoms with van der Waals surface area (Å²) in [5, 5.41) is 3.42. The maximum Gasteiger partial charge on any atom is 0.0470 e. The predicted molar refractivity (Wildman–Crippen MR) is 47.8 cm³/mol. The average Bonchev–Trinajstić information content (AvgIpc) is 2.03. The van der Waals surface area contributed by atoms with Crippen molar-refractivity contribution in [2.75, 3.05) is 31.8 Å². The van der Waals surface area contributed by atoms with Gasteiger partial charge in [0, 0.05) is 25.2 Å². The fourth-order valence-corrected chi connectivity index (χ4v) is 1.29. The van der Waals surface area contributed by atoms with E-state index in [0.717, 1.165) is 24.5 Å². The molecule has 64 valence electrons. The lowest BCUT2D eigenvalue weighted by Crippen LogP contribution is -1.92. The maximum atomic E-state index is 7.94. The topological polar surface area (TPSA) is 58.0 Å². The van der Waals surface area contributed by atoms with Crippen LogP contribution in [-0.4, -0.2) is 31.8 Å². The zero-order valence-corrected chi connectivity index (χ0v) is 7.51. The SMILES string of the molecule is COCCCSCCN=[N+]=[N-]. The van der Waals surface area contributed by atoms with Crippen LogP contribution in [0, 0.1) is 0 Å². The van der Waals surface area contributed by atoms with E-state index in [9.17, 15) is 0 Å². The van der Waals surface area contributed by atoms with E-state index in [1.807, 2.05) is 0 Å². The summed E-state index contributed by atoms with van der Waals surface area (Å²) in [4.78, 5) is 2.66. The minimum absolute atomic E-state index is 0.591. The fourth-order valence-electron chi connectivity index (χ4n) is 0.557. The number of rotatable bonds is 7. The lowest BCUT2D eigenvalue weighted by atomic mass is 10.5. The van der Waals surface area contributed by atoms with Gasteiger partial charge < -0.3 is 4.74 Å². The van der Waals surface area contributed by atoms with Crippen LogP contribution in [0.4, 0.5) is 0 Å². The molecule has 0 saturated heterocycles. The summed E-state index contributed by atoms with van der Waals surface area (Å²) >= 11 is 1.79. The molecule has 0 radical (unpaired) electrons. The fraction of sp³-hybridized carbons (Fsp3) is 1.00. The van der Waals surface area contributed by atoms with E-state index in [1.165, 1.54) is 0 Å². The normalized spacial score (nSPS) is 9.18. The van der Waals surface area contributed by atoms with Crippen molar-refractivity contribution in [2.45, 2.75) is 6.42 Å². The van der Waals surface area contributed by atoms with Gasteiger partial charge in [-0.1, -0.05) is 5.11 Å². The number of hydrogen-bond acceptors (Lipinski definition) is 3. The molecule has 4 nitrogen and oxygen atoms in total. The Labute approximate surface area is 70.9 Å². The zero-order valence-electron chi connectivity index (χ0n) is 6.69. The largest absolute Gasteiger partial charge is 0.385 e. The van der Waals surface area contributed by atoms with Crippen LogP contribution in [0.25, 0.3) is 10.4 Å². The molecule has 0 bridgehead atoms. The van der Waals surface area contributed by atoms with Crippen LogP contribution >= 0.6 is 11.8 Å². The van der Waals surface area contributed by atoms with Crippen LogP contribution in [0.15, 0.2) is 5.11 Å². The van der Waals surface area contributed by atoms with Gasteiger partial charge in [0.2, 0.25) is 0 Å². The highest BCUT2D eigenvalue weighted by molar-refractivity contribution is 7.99. The number of methoxy groups -OCH3 is 1. The summed E-state index contributed by atoms with van der Waals surface area (Å²) in [6, 6.07) is 0. The molecule has 0 spiro atoms.